The van der Waals surface area contributed by atoms with Crippen LogP contribution in [0.4, 0.5) is 0 Å². The number of fused-ring (bicyclic) bond motifs is 1. The van der Waals surface area contributed by atoms with Crippen LogP contribution < -0.4 is 10.6 Å². The molecule has 2 amide bonds. The third-order valence-electron chi connectivity index (χ3n) is 3.42. The van der Waals surface area contributed by atoms with Gasteiger partial charge in [0, 0.05) is 13.1 Å². The fourth-order valence-electron chi connectivity index (χ4n) is 2.60. The summed E-state index contributed by atoms with van der Waals surface area (Å²) in [5.74, 6) is 2.54. The van der Waals surface area contributed by atoms with Gasteiger partial charge >= 0.3 is 0 Å². The molecule has 17 heavy (non-hydrogen) atoms. The van der Waals surface area contributed by atoms with Crippen molar-refractivity contribution in [2.24, 2.45) is 5.92 Å². The van der Waals surface area contributed by atoms with Crippen molar-refractivity contribution in [3.8, 4) is 12.3 Å². The minimum Gasteiger partial charge on any atom is -0.354 e. The summed E-state index contributed by atoms with van der Waals surface area (Å²) in [4.78, 5) is 25.3. The first-order valence-electron chi connectivity index (χ1n) is 5.95. The maximum absolute atomic E-state index is 12.0. The van der Waals surface area contributed by atoms with E-state index in [1.54, 1.807) is 0 Å². The van der Waals surface area contributed by atoms with E-state index in [1.807, 2.05) is 4.90 Å². The zero-order chi connectivity index (χ0) is 12.3. The van der Waals surface area contributed by atoms with Crippen molar-refractivity contribution in [3.63, 3.8) is 0 Å². The Morgan fingerprint density at radius 3 is 3.24 bits per heavy atom. The first-order valence-corrected chi connectivity index (χ1v) is 5.95. The molecule has 0 aromatic heterocycles. The van der Waals surface area contributed by atoms with Gasteiger partial charge in [0.1, 0.15) is 0 Å². The van der Waals surface area contributed by atoms with Crippen LogP contribution in [0.3, 0.4) is 0 Å². The van der Waals surface area contributed by atoms with Gasteiger partial charge in [-0.15, -0.1) is 6.42 Å². The second-order valence-electron chi connectivity index (χ2n) is 4.46. The van der Waals surface area contributed by atoms with E-state index in [1.165, 1.54) is 0 Å². The van der Waals surface area contributed by atoms with Gasteiger partial charge in [-0.2, -0.15) is 0 Å². The molecule has 92 valence electrons. The minimum atomic E-state index is -0.0136. The van der Waals surface area contributed by atoms with Crippen LogP contribution in [0, 0.1) is 18.3 Å². The Kier molecular flexibility index (Phi) is 3.64. The van der Waals surface area contributed by atoms with E-state index < -0.39 is 0 Å². The summed E-state index contributed by atoms with van der Waals surface area (Å²) >= 11 is 0. The van der Waals surface area contributed by atoms with Gasteiger partial charge in [0.05, 0.1) is 25.0 Å². The minimum absolute atomic E-state index is 0.0136. The normalized spacial score (nSPS) is 27.2. The van der Waals surface area contributed by atoms with E-state index >= 15 is 0 Å². The van der Waals surface area contributed by atoms with Crippen LogP contribution in [0.2, 0.25) is 0 Å². The highest BCUT2D eigenvalue weighted by molar-refractivity contribution is 5.85. The molecule has 0 aromatic carbocycles. The third-order valence-corrected chi connectivity index (χ3v) is 3.42. The van der Waals surface area contributed by atoms with Crippen molar-refractivity contribution >= 4 is 11.8 Å². The van der Waals surface area contributed by atoms with E-state index in [4.69, 9.17) is 6.42 Å². The predicted molar refractivity (Wildman–Crippen MR) is 62.9 cm³/mol. The second kappa shape index (κ2) is 5.19. The molecule has 2 atom stereocenters. The number of carbonyl (C=O) groups is 2. The molecular formula is C12H17N3O2. The van der Waals surface area contributed by atoms with Gasteiger partial charge < -0.3 is 10.2 Å². The summed E-state index contributed by atoms with van der Waals surface area (Å²) in [6, 6.07) is 0.0383. The van der Waals surface area contributed by atoms with Crippen LogP contribution in [0.5, 0.6) is 0 Å². The highest BCUT2D eigenvalue weighted by Gasteiger charge is 2.42. The number of terminal acetylenes is 1. The highest BCUT2D eigenvalue weighted by atomic mass is 16.2. The number of amides is 2. The third kappa shape index (κ3) is 2.42. The van der Waals surface area contributed by atoms with Crippen molar-refractivity contribution in [1.29, 1.82) is 0 Å². The lowest BCUT2D eigenvalue weighted by molar-refractivity contribution is -0.135. The van der Waals surface area contributed by atoms with Crippen molar-refractivity contribution in [2.45, 2.75) is 18.9 Å². The average molecular weight is 235 g/mol. The van der Waals surface area contributed by atoms with Gasteiger partial charge in [-0.25, -0.2) is 0 Å². The maximum atomic E-state index is 12.0. The molecule has 2 aliphatic heterocycles. The van der Waals surface area contributed by atoms with Crippen LogP contribution in [0.15, 0.2) is 0 Å². The lowest BCUT2D eigenvalue weighted by Gasteiger charge is -2.36. The molecule has 0 aromatic rings. The number of hydrogen-bond donors (Lipinski definition) is 2. The molecule has 5 heteroatoms. The second-order valence-corrected chi connectivity index (χ2v) is 4.46. The van der Waals surface area contributed by atoms with Crippen LogP contribution in [0.1, 0.15) is 12.8 Å². The monoisotopic (exact) mass is 235 g/mol. The molecule has 0 bridgehead atoms. The number of rotatable bonds is 3. The van der Waals surface area contributed by atoms with Gasteiger partial charge in [-0.3, -0.25) is 14.9 Å². The number of likely N-dealkylation sites (tertiary alicyclic amines) is 1. The summed E-state index contributed by atoms with van der Waals surface area (Å²) < 4.78 is 0. The molecule has 0 radical (unpaired) electrons. The summed E-state index contributed by atoms with van der Waals surface area (Å²) in [6.07, 6.45) is 6.89. The Morgan fingerprint density at radius 1 is 1.65 bits per heavy atom. The van der Waals surface area contributed by atoms with E-state index in [0.717, 1.165) is 19.4 Å². The van der Waals surface area contributed by atoms with Gasteiger partial charge in [0.15, 0.2) is 0 Å². The summed E-state index contributed by atoms with van der Waals surface area (Å²) in [7, 11) is 0. The van der Waals surface area contributed by atoms with E-state index in [-0.39, 0.29) is 30.3 Å². The molecule has 0 spiro atoms. The fraction of sp³-hybridized carbons (Fsp3) is 0.667. The topological polar surface area (TPSA) is 61.4 Å². The summed E-state index contributed by atoms with van der Waals surface area (Å²) in [6.45, 7) is 1.98. The molecule has 2 saturated heterocycles. The lowest BCUT2D eigenvalue weighted by Crippen LogP contribution is -2.51. The van der Waals surface area contributed by atoms with Crippen molar-refractivity contribution < 1.29 is 9.59 Å². The van der Waals surface area contributed by atoms with Crippen molar-refractivity contribution in [1.82, 2.24) is 15.5 Å². The van der Waals surface area contributed by atoms with E-state index in [2.05, 4.69) is 16.6 Å². The molecule has 0 saturated carbocycles. The Labute approximate surface area is 101 Å². The van der Waals surface area contributed by atoms with Gasteiger partial charge in [0.2, 0.25) is 11.8 Å². The van der Waals surface area contributed by atoms with Crippen molar-refractivity contribution in [2.75, 3.05) is 26.2 Å². The first-order chi connectivity index (χ1) is 8.24. The van der Waals surface area contributed by atoms with E-state index in [9.17, 15) is 9.59 Å². The molecule has 5 nitrogen and oxygen atoms in total. The SMILES string of the molecule is C#CCNCC(=O)N1CCCC2C(=O)NCC21. The Balaban J connectivity index is 1.94. The lowest BCUT2D eigenvalue weighted by atomic mass is 9.91. The molecule has 2 heterocycles. The Hall–Kier alpha value is -1.54. The van der Waals surface area contributed by atoms with Crippen LogP contribution in [0.25, 0.3) is 0 Å². The Bertz CT molecular complexity index is 361. The van der Waals surface area contributed by atoms with Crippen molar-refractivity contribution in [3.05, 3.63) is 0 Å². The quantitative estimate of drug-likeness (QED) is 0.484. The average Bonchev–Trinajstić information content (AvgIpc) is 2.71. The molecule has 0 aliphatic carbocycles. The molecule has 2 unspecified atom stereocenters. The largest absolute Gasteiger partial charge is 0.354 e. The Morgan fingerprint density at radius 2 is 2.47 bits per heavy atom. The first kappa shape index (κ1) is 11.9. The smallest absolute Gasteiger partial charge is 0.236 e. The van der Waals surface area contributed by atoms with Gasteiger partial charge in [0.25, 0.3) is 0 Å². The number of piperidine rings is 1. The standard InChI is InChI=1S/C12H17N3O2/c1-2-5-13-8-11(16)15-6-3-4-9-10(15)7-14-12(9)17/h1,9-10,13H,3-8H2,(H,14,17). The maximum Gasteiger partial charge on any atom is 0.236 e. The highest BCUT2D eigenvalue weighted by Crippen LogP contribution is 2.27. The molecule has 2 N–H and O–H groups in total. The predicted octanol–water partition coefficient (Wildman–Crippen LogP) is -1.05. The molecule has 2 fully saturated rings. The van der Waals surface area contributed by atoms with Gasteiger partial charge in [-0.1, -0.05) is 5.92 Å². The number of nitrogens with zero attached hydrogens (tertiary/aromatic N) is 1. The van der Waals surface area contributed by atoms with Gasteiger partial charge in [-0.05, 0) is 12.8 Å². The zero-order valence-corrected chi connectivity index (χ0v) is 9.74. The van der Waals surface area contributed by atoms with Crippen LogP contribution >= 0.6 is 0 Å². The number of carbonyl (C=O) groups excluding carboxylic acids is 2. The number of nitrogens with one attached hydrogen (secondary N) is 2. The summed E-state index contributed by atoms with van der Waals surface area (Å²) in [5.41, 5.74) is 0. The molecule has 2 aliphatic rings. The molecule has 2 rings (SSSR count). The fourth-order valence-corrected chi connectivity index (χ4v) is 2.60. The molecular weight excluding hydrogens is 218 g/mol. The van der Waals surface area contributed by atoms with Crippen LogP contribution in [-0.2, 0) is 9.59 Å². The number of hydrogen-bond acceptors (Lipinski definition) is 3. The van der Waals surface area contributed by atoms with Crippen LogP contribution in [-0.4, -0.2) is 48.9 Å². The van der Waals surface area contributed by atoms with E-state index in [0.29, 0.717) is 13.1 Å². The summed E-state index contributed by atoms with van der Waals surface area (Å²) in [5, 5.41) is 5.72. The zero-order valence-electron chi connectivity index (χ0n) is 9.74.